The van der Waals surface area contributed by atoms with Crippen LogP contribution in [0, 0.1) is 5.82 Å². The third-order valence-electron chi connectivity index (χ3n) is 5.93. The van der Waals surface area contributed by atoms with Gasteiger partial charge in [-0.1, -0.05) is 19.1 Å². The molecule has 1 aromatic heterocycles. The van der Waals surface area contributed by atoms with Crippen molar-refractivity contribution >= 4 is 27.0 Å². The lowest BCUT2D eigenvalue weighted by Gasteiger charge is -2.15. The number of sulfonamides is 1. The summed E-state index contributed by atoms with van der Waals surface area (Å²) < 4.78 is 42.5. The molecule has 176 valence electrons. The van der Waals surface area contributed by atoms with Crippen LogP contribution in [0.25, 0.3) is 11.0 Å². The average molecular weight is 473 g/mol. The topological polar surface area (TPSA) is 84.3 Å². The Kier molecular flexibility index (Phi) is 7.09. The molecule has 0 bridgehead atoms. The Hall–Kier alpha value is -2.78. The zero-order valence-electron chi connectivity index (χ0n) is 18.8. The van der Waals surface area contributed by atoms with Crippen molar-refractivity contribution in [2.24, 2.45) is 0 Å². The lowest BCUT2D eigenvalue weighted by atomic mass is 10.2. The first-order chi connectivity index (χ1) is 15.9. The predicted octanol–water partition coefficient (Wildman–Crippen LogP) is 3.62. The highest BCUT2D eigenvalue weighted by molar-refractivity contribution is 7.89. The molecule has 1 aliphatic rings. The number of aromatic nitrogens is 2. The number of aryl methyl sites for hydroxylation is 2. The first-order valence-electron chi connectivity index (χ1n) is 11.4. The second-order valence-electron chi connectivity index (χ2n) is 8.34. The van der Waals surface area contributed by atoms with Gasteiger partial charge in [0, 0.05) is 39.0 Å². The van der Waals surface area contributed by atoms with Gasteiger partial charge in [0.2, 0.25) is 15.9 Å². The first kappa shape index (κ1) is 23.4. The molecule has 3 aromatic rings. The summed E-state index contributed by atoms with van der Waals surface area (Å²) in [5.41, 5.74) is 2.33. The van der Waals surface area contributed by atoms with Crippen LogP contribution in [0.5, 0.6) is 0 Å². The highest BCUT2D eigenvalue weighted by Crippen LogP contribution is 2.25. The minimum atomic E-state index is -3.51. The molecule has 1 saturated heterocycles. The van der Waals surface area contributed by atoms with Crippen molar-refractivity contribution in [3.63, 3.8) is 0 Å². The Labute approximate surface area is 193 Å². The number of nitrogens with one attached hydrogen (secondary N) is 1. The van der Waals surface area contributed by atoms with Crippen molar-refractivity contribution in [2.75, 3.05) is 13.1 Å². The van der Waals surface area contributed by atoms with Crippen LogP contribution in [0.1, 0.15) is 44.0 Å². The maximum atomic E-state index is 13.0. The fourth-order valence-electron chi connectivity index (χ4n) is 4.18. The molecule has 33 heavy (non-hydrogen) atoms. The highest BCUT2D eigenvalue weighted by atomic mass is 32.2. The summed E-state index contributed by atoms with van der Waals surface area (Å²) in [6.07, 6.45) is 3.37. The van der Waals surface area contributed by atoms with E-state index in [-0.39, 0.29) is 23.0 Å². The van der Waals surface area contributed by atoms with Crippen LogP contribution in [-0.4, -0.2) is 41.3 Å². The van der Waals surface area contributed by atoms with Crippen LogP contribution < -0.4 is 5.32 Å². The smallest absolute Gasteiger partial charge is 0.243 e. The van der Waals surface area contributed by atoms with Crippen molar-refractivity contribution in [3.05, 3.63) is 59.7 Å². The van der Waals surface area contributed by atoms with Crippen LogP contribution >= 0.6 is 0 Å². The summed E-state index contributed by atoms with van der Waals surface area (Å²) >= 11 is 0. The van der Waals surface area contributed by atoms with Gasteiger partial charge in [-0.05, 0) is 55.2 Å². The summed E-state index contributed by atoms with van der Waals surface area (Å²) in [6, 6.07) is 11.1. The van der Waals surface area contributed by atoms with Crippen molar-refractivity contribution in [3.8, 4) is 0 Å². The molecule has 1 fully saturated rings. The number of rotatable bonds is 9. The molecule has 4 rings (SSSR count). The normalized spacial score (nSPS) is 14.7. The predicted molar refractivity (Wildman–Crippen MR) is 125 cm³/mol. The van der Waals surface area contributed by atoms with Crippen LogP contribution in [0.2, 0.25) is 0 Å². The largest absolute Gasteiger partial charge is 0.352 e. The Morgan fingerprint density at radius 1 is 1.12 bits per heavy atom. The molecule has 9 heteroatoms. The van der Waals surface area contributed by atoms with Gasteiger partial charge in [0.1, 0.15) is 11.6 Å². The third kappa shape index (κ3) is 5.25. The van der Waals surface area contributed by atoms with E-state index in [1.54, 1.807) is 24.3 Å². The Balaban J connectivity index is 1.48. The van der Waals surface area contributed by atoms with E-state index >= 15 is 0 Å². The maximum absolute atomic E-state index is 13.0. The second-order valence-corrected chi connectivity index (χ2v) is 10.3. The number of amides is 1. The van der Waals surface area contributed by atoms with Gasteiger partial charge in [-0.3, -0.25) is 4.79 Å². The minimum Gasteiger partial charge on any atom is -0.352 e. The second kappa shape index (κ2) is 10.0. The van der Waals surface area contributed by atoms with Crippen LogP contribution in [0.4, 0.5) is 4.39 Å². The number of fused-ring (bicyclic) bond motifs is 1. The maximum Gasteiger partial charge on any atom is 0.243 e. The fourth-order valence-corrected chi connectivity index (χ4v) is 5.72. The van der Waals surface area contributed by atoms with E-state index in [2.05, 4.69) is 16.8 Å². The Bertz CT molecular complexity index is 1230. The molecule has 0 saturated carbocycles. The lowest BCUT2D eigenvalue weighted by Crippen LogP contribution is -2.27. The van der Waals surface area contributed by atoms with E-state index < -0.39 is 10.0 Å². The zero-order valence-corrected chi connectivity index (χ0v) is 19.6. The van der Waals surface area contributed by atoms with Gasteiger partial charge in [0.15, 0.2) is 0 Å². The fraction of sp³-hybridized carbons (Fsp3) is 0.417. The van der Waals surface area contributed by atoms with Crippen molar-refractivity contribution < 1.29 is 17.6 Å². The number of carbonyl (C=O) groups is 1. The zero-order chi connectivity index (χ0) is 23.4. The molecule has 2 aromatic carbocycles. The summed E-state index contributed by atoms with van der Waals surface area (Å²) in [5.74, 6) is 0.336. The number of halogens is 1. The Morgan fingerprint density at radius 2 is 1.85 bits per heavy atom. The van der Waals surface area contributed by atoms with E-state index in [1.165, 1.54) is 16.4 Å². The number of imidazole rings is 1. The average Bonchev–Trinajstić information content (AvgIpc) is 3.46. The Morgan fingerprint density at radius 3 is 2.55 bits per heavy atom. The molecule has 0 radical (unpaired) electrons. The molecule has 1 amide bonds. The number of nitrogens with zero attached hydrogens (tertiary/aromatic N) is 3. The third-order valence-corrected chi connectivity index (χ3v) is 7.82. The quantitative estimate of drug-likeness (QED) is 0.516. The molecule has 0 unspecified atom stereocenters. The van der Waals surface area contributed by atoms with Gasteiger partial charge in [-0.25, -0.2) is 17.8 Å². The molecular weight excluding hydrogens is 443 g/mol. The molecule has 2 heterocycles. The van der Waals surface area contributed by atoms with Crippen molar-refractivity contribution in [1.29, 1.82) is 0 Å². The molecular formula is C24H29FN4O3S. The van der Waals surface area contributed by atoms with E-state index in [9.17, 15) is 17.6 Å². The van der Waals surface area contributed by atoms with Gasteiger partial charge in [0.05, 0.1) is 15.9 Å². The highest BCUT2D eigenvalue weighted by Gasteiger charge is 2.27. The van der Waals surface area contributed by atoms with Gasteiger partial charge >= 0.3 is 0 Å². The van der Waals surface area contributed by atoms with Gasteiger partial charge < -0.3 is 9.88 Å². The van der Waals surface area contributed by atoms with Gasteiger partial charge in [-0.15, -0.1) is 0 Å². The van der Waals surface area contributed by atoms with Crippen LogP contribution in [0.15, 0.2) is 47.4 Å². The molecule has 0 spiro atoms. The van der Waals surface area contributed by atoms with E-state index in [1.807, 2.05) is 6.07 Å². The molecule has 7 nitrogen and oxygen atoms in total. The summed E-state index contributed by atoms with van der Waals surface area (Å²) in [7, 11) is -3.51. The van der Waals surface area contributed by atoms with Crippen molar-refractivity contribution in [1.82, 2.24) is 19.2 Å². The van der Waals surface area contributed by atoms with E-state index in [4.69, 9.17) is 4.98 Å². The number of hydrogen-bond acceptors (Lipinski definition) is 4. The molecule has 0 aliphatic carbocycles. The van der Waals surface area contributed by atoms with Crippen molar-refractivity contribution in [2.45, 2.75) is 57.0 Å². The van der Waals surface area contributed by atoms with Gasteiger partial charge in [0.25, 0.3) is 0 Å². The number of benzene rings is 2. The molecule has 1 aliphatic heterocycles. The van der Waals surface area contributed by atoms with Crippen LogP contribution in [-0.2, 0) is 34.3 Å². The summed E-state index contributed by atoms with van der Waals surface area (Å²) in [6.45, 7) is 4.26. The van der Waals surface area contributed by atoms with Crippen LogP contribution in [0.3, 0.4) is 0 Å². The van der Waals surface area contributed by atoms with E-state index in [0.29, 0.717) is 31.6 Å². The first-order valence-corrected chi connectivity index (χ1v) is 12.8. The standard InChI is InChI=1S/C24H29FN4O3S/c1-2-13-29-22-10-9-20(33(31,32)28-14-3-4-15-28)16-21(22)27-23(29)11-12-24(30)26-17-18-5-7-19(25)8-6-18/h5-10,16H,2-4,11-15,17H2,1H3,(H,26,30). The SMILES string of the molecule is CCCn1c(CCC(=O)NCc2ccc(F)cc2)nc2cc(S(=O)(=O)N3CCCC3)ccc21. The number of carbonyl (C=O) groups excluding carboxylic acids is 1. The number of hydrogen-bond donors (Lipinski definition) is 1. The summed E-state index contributed by atoms with van der Waals surface area (Å²) in [4.78, 5) is 17.3. The van der Waals surface area contributed by atoms with Gasteiger partial charge in [-0.2, -0.15) is 4.31 Å². The minimum absolute atomic E-state index is 0.119. The summed E-state index contributed by atoms with van der Waals surface area (Å²) in [5, 5.41) is 2.85. The molecule has 0 atom stereocenters. The monoisotopic (exact) mass is 472 g/mol. The van der Waals surface area contributed by atoms with E-state index in [0.717, 1.165) is 42.7 Å². The molecule has 1 N–H and O–H groups in total. The lowest BCUT2D eigenvalue weighted by molar-refractivity contribution is -0.121.